The Bertz CT molecular complexity index is 383. The van der Waals surface area contributed by atoms with E-state index in [1.54, 1.807) is 0 Å². The largest absolute Gasteiger partial charge is 0.129 e. The number of rotatable bonds is 4. The third-order valence-electron chi connectivity index (χ3n) is 7.61. The molecule has 0 aromatic rings. The minimum Gasteiger partial charge on any atom is -0.100 e. The zero-order chi connectivity index (χ0) is 15.8. The summed E-state index contributed by atoms with van der Waals surface area (Å²) in [6.45, 7) is 4.67. The smallest absolute Gasteiger partial charge is 0.100 e. The van der Waals surface area contributed by atoms with Crippen molar-refractivity contribution in [1.82, 2.24) is 0 Å². The maximum atomic E-state index is 7.17. The van der Waals surface area contributed by atoms with Crippen LogP contribution in [-0.4, -0.2) is 4.33 Å². The highest BCUT2D eigenvalue weighted by Gasteiger charge is 2.73. The molecule has 3 saturated carbocycles. The van der Waals surface area contributed by atoms with Crippen LogP contribution < -0.4 is 0 Å². The molecule has 0 nitrogen and oxygen atoms in total. The average Bonchev–Trinajstić information content (AvgIpc) is 2.54. The van der Waals surface area contributed by atoms with Gasteiger partial charge in [-0.1, -0.05) is 58.8 Å². The third-order valence-corrected chi connectivity index (χ3v) is 9.17. The second-order valence-corrected chi connectivity index (χ2v) is 9.96. The summed E-state index contributed by atoms with van der Waals surface area (Å²) in [6, 6.07) is 0. The standard InChI is InChI=1S/C20H34Cl2/c1-3-5-9-16-10-13-19(17(4-2)14-16)15-18(20(19,21)22)11-7-6-8-12-18/h16-17H,3-15H2,1-2H3/t16-,17+,19+/m1/s1. The van der Waals surface area contributed by atoms with Gasteiger partial charge in [0.1, 0.15) is 4.33 Å². The molecular formula is C20H34Cl2. The van der Waals surface area contributed by atoms with Crippen molar-refractivity contribution in [2.24, 2.45) is 22.7 Å². The molecule has 0 aliphatic heterocycles. The van der Waals surface area contributed by atoms with Gasteiger partial charge in [-0.05, 0) is 50.4 Å². The molecule has 3 aliphatic carbocycles. The van der Waals surface area contributed by atoms with Crippen LogP contribution in [-0.2, 0) is 0 Å². The van der Waals surface area contributed by atoms with Crippen molar-refractivity contribution in [2.45, 2.75) is 102 Å². The maximum Gasteiger partial charge on any atom is 0.129 e. The highest BCUT2D eigenvalue weighted by Crippen LogP contribution is 2.78. The average molecular weight is 345 g/mol. The molecule has 0 heterocycles. The Morgan fingerprint density at radius 2 is 1.73 bits per heavy atom. The van der Waals surface area contributed by atoms with E-state index in [-0.39, 0.29) is 10.8 Å². The van der Waals surface area contributed by atoms with Crippen molar-refractivity contribution >= 4 is 23.2 Å². The summed E-state index contributed by atoms with van der Waals surface area (Å²) < 4.78 is -0.448. The number of halogens is 2. The number of unbranched alkanes of at least 4 members (excludes halogenated alkanes) is 1. The maximum absolute atomic E-state index is 7.17. The molecule has 0 unspecified atom stereocenters. The van der Waals surface area contributed by atoms with Gasteiger partial charge in [0.2, 0.25) is 0 Å². The minimum atomic E-state index is -0.448. The van der Waals surface area contributed by atoms with Gasteiger partial charge in [0.15, 0.2) is 0 Å². The van der Waals surface area contributed by atoms with E-state index in [4.69, 9.17) is 23.2 Å². The van der Waals surface area contributed by atoms with E-state index in [1.807, 2.05) is 0 Å². The number of alkyl halides is 2. The van der Waals surface area contributed by atoms with Crippen molar-refractivity contribution in [2.75, 3.05) is 0 Å². The number of hydrogen-bond donors (Lipinski definition) is 0. The fraction of sp³-hybridized carbons (Fsp3) is 1.00. The van der Waals surface area contributed by atoms with Crippen LogP contribution in [0.1, 0.15) is 97.3 Å². The Balaban J connectivity index is 1.73. The normalized spacial score (nSPS) is 39.8. The van der Waals surface area contributed by atoms with Crippen molar-refractivity contribution in [3.8, 4) is 0 Å². The Morgan fingerprint density at radius 1 is 1.00 bits per heavy atom. The highest BCUT2D eigenvalue weighted by molar-refractivity contribution is 6.50. The first-order valence-corrected chi connectivity index (χ1v) is 10.6. The van der Waals surface area contributed by atoms with Crippen LogP contribution in [0.2, 0.25) is 0 Å². The fourth-order valence-electron chi connectivity index (χ4n) is 6.34. The predicted octanol–water partition coefficient (Wildman–Crippen LogP) is 7.52. The minimum absolute atomic E-state index is 0.241. The summed E-state index contributed by atoms with van der Waals surface area (Å²) in [4.78, 5) is 0. The van der Waals surface area contributed by atoms with E-state index in [2.05, 4.69) is 13.8 Å². The number of hydrogen-bond acceptors (Lipinski definition) is 0. The molecule has 0 amide bonds. The fourth-order valence-corrected chi connectivity index (χ4v) is 7.48. The molecule has 0 aromatic heterocycles. The molecule has 2 spiro atoms. The first-order valence-electron chi connectivity index (χ1n) is 9.89. The molecule has 128 valence electrons. The summed E-state index contributed by atoms with van der Waals surface area (Å²) in [5, 5.41) is 0. The molecule has 3 aliphatic rings. The summed E-state index contributed by atoms with van der Waals surface area (Å²) >= 11 is 14.3. The Morgan fingerprint density at radius 3 is 2.32 bits per heavy atom. The summed E-state index contributed by atoms with van der Waals surface area (Å²) in [7, 11) is 0. The summed E-state index contributed by atoms with van der Waals surface area (Å²) in [6.07, 6.45) is 17.4. The zero-order valence-corrected chi connectivity index (χ0v) is 16.1. The van der Waals surface area contributed by atoms with Crippen LogP contribution in [0.3, 0.4) is 0 Å². The van der Waals surface area contributed by atoms with Gasteiger partial charge in [0.05, 0.1) is 0 Å². The van der Waals surface area contributed by atoms with Gasteiger partial charge >= 0.3 is 0 Å². The SMILES string of the molecule is CCCC[C@@H]1CC[C@]2(CC3(CCCCC3)C2(Cl)Cl)[C@@H](CC)C1. The Kier molecular flexibility index (Phi) is 5.12. The van der Waals surface area contributed by atoms with E-state index in [1.165, 1.54) is 83.5 Å². The van der Waals surface area contributed by atoms with Crippen LogP contribution in [0.4, 0.5) is 0 Å². The first-order chi connectivity index (χ1) is 10.5. The van der Waals surface area contributed by atoms with Crippen molar-refractivity contribution in [3.63, 3.8) is 0 Å². The van der Waals surface area contributed by atoms with E-state index < -0.39 is 4.33 Å². The second kappa shape index (κ2) is 6.47. The van der Waals surface area contributed by atoms with Crippen LogP contribution in [0, 0.1) is 22.7 Å². The molecule has 0 N–H and O–H groups in total. The molecule has 0 saturated heterocycles. The van der Waals surface area contributed by atoms with Crippen molar-refractivity contribution in [3.05, 3.63) is 0 Å². The lowest BCUT2D eigenvalue weighted by Crippen LogP contribution is -2.69. The lowest BCUT2D eigenvalue weighted by atomic mass is 9.40. The van der Waals surface area contributed by atoms with Crippen LogP contribution in [0.25, 0.3) is 0 Å². The summed E-state index contributed by atoms with van der Waals surface area (Å²) in [5.74, 6) is 1.69. The van der Waals surface area contributed by atoms with Crippen LogP contribution >= 0.6 is 23.2 Å². The lowest BCUT2D eigenvalue weighted by molar-refractivity contribution is -0.145. The van der Waals surface area contributed by atoms with Gasteiger partial charge in [-0.15, -0.1) is 23.2 Å². The van der Waals surface area contributed by atoms with Crippen LogP contribution in [0.5, 0.6) is 0 Å². The van der Waals surface area contributed by atoms with Gasteiger partial charge in [0, 0.05) is 10.8 Å². The van der Waals surface area contributed by atoms with Gasteiger partial charge in [0.25, 0.3) is 0 Å². The van der Waals surface area contributed by atoms with E-state index in [0.717, 1.165) is 11.8 Å². The monoisotopic (exact) mass is 344 g/mol. The summed E-state index contributed by atoms with van der Waals surface area (Å²) in [5.41, 5.74) is 0.503. The zero-order valence-electron chi connectivity index (χ0n) is 14.6. The van der Waals surface area contributed by atoms with E-state index in [0.29, 0.717) is 0 Å². The highest BCUT2D eigenvalue weighted by atomic mass is 35.5. The van der Waals surface area contributed by atoms with E-state index in [9.17, 15) is 0 Å². The molecule has 0 bridgehead atoms. The molecule has 3 atom stereocenters. The Hall–Kier alpha value is 0.580. The van der Waals surface area contributed by atoms with Crippen molar-refractivity contribution < 1.29 is 0 Å². The van der Waals surface area contributed by atoms with E-state index >= 15 is 0 Å². The van der Waals surface area contributed by atoms with Gasteiger partial charge in [-0.3, -0.25) is 0 Å². The van der Waals surface area contributed by atoms with Gasteiger partial charge < -0.3 is 0 Å². The lowest BCUT2D eigenvalue weighted by Gasteiger charge is -2.71. The van der Waals surface area contributed by atoms with Gasteiger partial charge in [-0.25, -0.2) is 0 Å². The molecule has 0 radical (unpaired) electrons. The predicted molar refractivity (Wildman–Crippen MR) is 97.7 cm³/mol. The molecule has 3 rings (SSSR count). The molecule has 22 heavy (non-hydrogen) atoms. The quantitative estimate of drug-likeness (QED) is 0.462. The van der Waals surface area contributed by atoms with Crippen molar-refractivity contribution in [1.29, 1.82) is 0 Å². The molecule has 2 heteroatoms. The second-order valence-electron chi connectivity index (χ2n) is 8.64. The molecular weight excluding hydrogens is 311 g/mol. The third kappa shape index (κ3) is 2.46. The first kappa shape index (κ1) is 17.4. The van der Waals surface area contributed by atoms with Gasteiger partial charge in [-0.2, -0.15) is 0 Å². The molecule has 3 fully saturated rings. The topological polar surface area (TPSA) is 0 Å². The van der Waals surface area contributed by atoms with Crippen LogP contribution in [0.15, 0.2) is 0 Å². The molecule has 0 aromatic carbocycles. The Labute approximate surface area is 147 Å².